The number of nitro groups is 1. The molecule has 0 radical (unpaired) electrons. The van der Waals surface area contributed by atoms with Gasteiger partial charge in [0.2, 0.25) is 0 Å². The van der Waals surface area contributed by atoms with Crippen LogP contribution in [0.25, 0.3) is 0 Å². The summed E-state index contributed by atoms with van der Waals surface area (Å²) in [6.45, 7) is 2.04. The Morgan fingerprint density at radius 1 is 1.56 bits per heavy atom. The van der Waals surface area contributed by atoms with Crippen molar-refractivity contribution in [2.45, 2.75) is 6.54 Å². The quantitative estimate of drug-likeness (QED) is 0.569. The zero-order valence-corrected chi connectivity index (χ0v) is 8.54. The Morgan fingerprint density at radius 3 is 3.00 bits per heavy atom. The van der Waals surface area contributed by atoms with E-state index in [1.807, 2.05) is 4.90 Å². The van der Waals surface area contributed by atoms with E-state index >= 15 is 0 Å². The van der Waals surface area contributed by atoms with Crippen LogP contribution in [0, 0.1) is 10.1 Å². The van der Waals surface area contributed by atoms with E-state index in [9.17, 15) is 10.1 Å². The van der Waals surface area contributed by atoms with Gasteiger partial charge in [-0.15, -0.1) is 0 Å². The van der Waals surface area contributed by atoms with E-state index < -0.39 is 4.92 Å². The molecule has 7 heteroatoms. The van der Waals surface area contributed by atoms with Crippen LogP contribution in [-0.4, -0.2) is 32.9 Å². The maximum atomic E-state index is 10.4. The van der Waals surface area contributed by atoms with Gasteiger partial charge in [0, 0.05) is 37.6 Å². The van der Waals surface area contributed by atoms with Crippen molar-refractivity contribution in [3.8, 4) is 0 Å². The smallest absolute Gasteiger partial charge is 0.274 e. The molecule has 0 atom stereocenters. The molecule has 84 valence electrons. The average Bonchev–Trinajstić information content (AvgIpc) is 2.66. The standard InChI is InChI=1S/C9H11N5O2/c15-14(16)6-9-12-1-2-13(9)5-8-3-10-7-11-4-8/h3-4,6-7,12H,1-2,5H2. The summed E-state index contributed by atoms with van der Waals surface area (Å²) < 4.78 is 0. The molecule has 0 aliphatic carbocycles. The Labute approximate surface area is 92.0 Å². The fourth-order valence-corrected chi connectivity index (χ4v) is 1.57. The van der Waals surface area contributed by atoms with E-state index in [-0.39, 0.29) is 0 Å². The largest absolute Gasteiger partial charge is 0.365 e. The summed E-state index contributed by atoms with van der Waals surface area (Å²) in [7, 11) is 0. The van der Waals surface area contributed by atoms with Crippen molar-refractivity contribution in [3.63, 3.8) is 0 Å². The molecule has 0 amide bonds. The minimum atomic E-state index is -0.456. The summed E-state index contributed by atoms with van der Waals surface area (Å²) in [4.78, 5) is 19.6. The summed E-state index contributed by atoms with van der Waals surface area (Å²) in [5, 5.41) is 13.4. The van der Waals surface area contributed by atoms with Gasteiger partial charge in [-0.05, 0) is 0 Å². The summed E-state index contributed by atoms with van der Waals surface area (Å²) in [6, 6.07) is 0. The van der Waals surface area contributed by atoms with Crippen LogP contribution in [-0.2, 0) is 6.54 Å². The fourth-order valence-electron chi connectivity index (χ4n) is 1.57. The molecule has 1 fully saturated rings. The van der Waals surface area contributed by atoms with Crippen molar-refractivity contribution in [3.05, 3.63) is 46.4 Å². The number of aromatic nitrogens is 2. The maximum Gasteiger partial charge on any atom is 0.274 e. The van der Waals surface area contributed by atoms with Crippen molar-refractivity contribution >= 4 is 0 Å². The number of hydrogen-bond donors (Lipinski definition) is 1. The Bertz CT molecular complexity index is 406. The van der Waals surface area contributed by atoms with Crippen molar-refractivity contribution in [1.29, 1.82) is 0 Å². The van der Waals surface area contributed by atoms with Crippen molar-refractivity contribution in [2.75, 3.05) is 13.1 Å². The minimum absolute atomic E-state index is 0.456. The molecular formula is C9H11N5O2. The number of hydrogen-bond acceptors (Lipinski definition) is 6. The topological polar surface area (TPSA) is 84.2 Å². The summed E-state index contributed by atoms with van der Waals surface area (Å²) >= 11 is 0. The lowest BCUT2D eigenvalue weighted by Crippen LogP contribution is -2.20. The predicted octanol–water partition coefficient (Wildman–Crippen LogP) is -0.0426. The molecule has 16 heavy (non-hydrogen) atoms. The zero-order valence-electron chi connectivity index (χ0n) is 8.54. The lowest BCUT2D eigenvalue weighted by molar-refractivity contribution is -0.404. The predicted molar refractivity (Wildman–Crippen MR) is 55.5 cm³/mol. The molecule has 1 aromatic rings. The summed E-state index contributed by atoms with van der Waals surface area (Å²) in [5.41, 5.74) is 0.931. The molecule has 0 spiro atoms. The van der Waals surface area contributed by atoms with Crippen LogP contribution in [0.4, 0.5) is 0 Å². The van der Waals surface area contributed by atoms with Gasteiger partial charge in [-0.1, -0.05) is 0 Å². The third-order valence-electron chi connectivity index (χ3n) is 2.24. The molecule has 0 aromatic carbocycles. The second-order valence-corrected chi connectivity index (χ2v) is 3.39. The summed E-state index contributed by atoms with van der Waals surface area (Å²) in [5.74, 6) is 0.536. The van der Waals surface area contributed by atoms with Crippen LogP contribution in [0.3, 0.4) is 0 Å². The van der Waals surface area contributed by atoms with Crippen LogP contribution in [0.1, 0.15) is 5.56 Å². The molecule has 2 rings (SSSR count). The second-order valence-electron chi connectivity index (χ2n) is 3.39. The van der Waals surface area contributed by atoms with Crippen molar-refractivity contribution in [1.82, 2.24) is 20.2 Å². The van der Waals surface area contributed by atoms with Gasteiger partial charge in [0.25, 0.3) is 6.20 Å². The molecule has 2 heterocycles. The van der Waals surface area contributed by atoms with E-state index in [0.717, 1.165) is 18.3 Å². The molecule has 7 nitrogen and oxygen atoms in total. The number of nitrogens with zero attached hydrogens (tertiary/aromatic N) is 4. The number of rotatable bonds is 3. The molecule has 0 unspecified atom stereocenters. The van der Waals surface area contributed by atoms with Gasteiger partial charge in [0.05, 0.1) is 4.92 Å². The SMILES string of the molecule is O=[N+]([O-])C=C1NCCN1Cc1cncnc1. The third-order valence-corrected chi connectivity index (χ3v) is 2.24. The second kappa shape index (κ2) is 4.56. The third kappa shape index (κ3) is 2.44. The highest BCUT2D eigenvalue weighted by Crippen LogP contribution is 2.11. The van der Waals surface area contributed by atoms with Gasteiger partial charge in [-0.3, -0.25) is 10.1 Å². The van der Waals surface area contributed by atoms with Gasteiger partial charge >= 0.3 is 0 Å². The van der Waals surface area contributed by atoms with E-state index in [1.165, 1.54) is 6.33 Å². The van der Waals surface area contributed by atoms with Crippen LogP contribution in [0.5, 0.6) is 0 Å². The average molecular weight is 221 g/mol. The van der Waals surface area contributed by atoms with E-state index in [4.69, 9.17) is 0 Å². The van der Waals surface area contributed by atoms with E-state index in [2.05, 4.69) is 15.3 Å². The Morgan fingerprint density at radius 2 is 2.31 bits per heavy atom. The first kappa shape index (κ1) is 10.3. The lowest BCUT2D eigenvalue weighted by atomic mass is 10.3. The normalized spacial score (nSPS) is 17.5. The Kier molecular flexibility index (Phi) is 2.95. The first-order valence-electron chi connectivity index (χ1n) is 4.84. The highest BCUT2D eigenvalue weighted by Gasteiger charge is 2.19. The molecule has 1 aliphatic rings. The molecule has 1 N–H and O–H groups in total. The van der Waals surface area contributed by atoms with Crippen LogP contribution in [0.15, 0.2) is 30.7 Å². The number of nitrogens with one attached hydrogen (secondary N) is 1. The van der Waals surface area contributed by atoms with Gasteiger partial charge in [0.15, 0.2) is 5.82 Å². The zero-order chi connectivity index (χ0) is 11.4. The molecule has 0 saturated carbocycles. The van der Waals surface area contributed by atoms with Crippen LogP contribution >= 0.6 is 0 Å². The Hall–Kier alpha value is -2.18. The summed E-state index contributed by atoms with van der Waals surface area (Å²) in [6.07, 6.45) is 5.85. The molecular weight excluding hydrogens is 210 g/mol. The molecule has 1 aromatic heterocycles. The van der Waals surface area contributed by atoms with Gasteiger partial charge < -0.3 is 10.2 Å². The lowest BCUT2D eigenvalue weighted by Gasteiger charge is -2.16. The highest BCUT2D eigenvalue weighted by atomic mass is 16.6. The van der Waals surface area contributed by atoms with Gasteiger partial charge in [0.1, 0.15) is 6.33 Å². The monoisotopic (exact) mass is 221 g/mol. The van der Waals surface area contributed by atoms with Gasteiger partial charge in [-0.2, -0.15) is 0 Å². The Balaban J connectivity index is 2.07. The van der Waals surface area contributed by atoms with E-state index in [1.54, 1.807) is 12.4 Å². The fraction of sp³-hybridized carbons (Fsp3) is 0.333. The van der Waals surface area contributed by atoms with E-state index in [0.29, 0.717) is 18.9 Å². The first-order valence-corrected chi connectivity index (χ1v) is 4.84. The van der Waals surface area contributed by atoms with Crippen molar-refractivity contribution < 1.29 is 4.92 Å². The van der Waals surface area contributed by atoms with Gasteiger partial charge in [-0.25, -0.2) is 9.97 Å². The molecule has 1 aliphatic heterocycles. The van der Waals surface area contributed by atoms with Crippen LogP contribution in [0.2, 0.25) is 0 Å². The minimum Gasteiger partial charge on any atom is -0.365 e. The molecule has 1 saturated heterocycles. The maximum absolute atomic E-state index is 10.4. The van der Waals surface area contributed by atoms with Crippen LogP contribution < -0.4 is 5.32 Å². The highest BCUT2D eigenvalue weighted by molar-refractivity contribution is 5.08. The van der Waals surface area contributed by atoms with Crippen molar-refractivity contribution in [2.24, 2.45) is 0 Å². The molecule has 0 bridgehead atoms. The first-order chi connectivity index (χ1) is 7.75.